The third-order valence-electron chi connectivity index (χ3n) is 4.17. The summed E-state index contributed by atoms with van der Waals surface area (Å²) in [7, 11) is 0. The summed E-state index contributed by atoms with van der Waals surface area (Å²) < 4.78 is 39.8. The normalized spacial score (nSPS) is 14.4. The van der Waals surface area contributed by atoms with Crippen molar-refractivity contribution in [1.29, 1.82) is 0 Å². The van der Waals surface area contributed by atoms with Crippen LogP contribution in [0.25, 0.3) is 0 Å². The third kappa shape index (κ3) is 4.58. The molecule has 1 atom stereocenters. The minimum Gasteiger partial charge on any atom is -0.374 e. The number of anilines is 3. The summed E-state index contributed by atoms with van der Waals surface area (Å²) >= 11 is 0. The summed E-state index contributed by atoms with van der Waals surface area (Å²) in [5.41, 5.74) is 0.817. The second-order valence-electron chi connectivity index (χ2n) is 6.42. The molecular formula is C19H18F3N3O2. The molecule has 8 heteroatoms. The van der Waals surface area contributed by atoms with Gasteiger partial charge in [0.15, 0.2) is 17.5 Å². The van der Waals surface area contributed by atoms with E-state index in [4.69, 9.17) is 0 Å². The molecule has 1 aliphatic carbocycles. The number of carbonyl (C=O) groups excluding carboxylic acids is 2. The van der Waals surface area contributed by atoms with E-state index in [1.54, 1.807) is 24.3 Å². The van der Waals surface area contributed by atoms with Crippen LogP contribution in [0.15, 0.2) is 36.4 Å². The molecule has 2 aromatic rings. The zero-order valence-corrected chi connectivity index (χ0v) is 14.5. The molecule has 142 valence electrons. The fourth-order valence-corrected chi connectivity index (χ4v) is 2.42. The summed E-state index contributed by atoms with van der Waals surface area (Å²) in [6.07, 6.45) is 1.83. The number of nitrogens with one attached hydrogen (secondary N) is 3. The van der Waals surface area contributed by atoms with Crippen molar-refractivity contribution in [2.75, 3.05) is 16.0 Å². The number of halogens is 3. The zero-order chi connectivity index (χ0) is 19.6. The van der Waals surface area contributed by atoms with Gasteiger partial charge in [-0.05, 0) is 56.2 Å². The Morgan fingerprint density at radius 2 is 1.56 bits per heavy atom. The van der Waals surface area contributed by atoms with Gasteiger partial charge in [-0.25, -0.2) is 13.2 Å². The number of rotatable bonds is 6. The van der Waals surface area contributed by atoms with Gasteiger partial charge in [0.25, 0.3) is 0 Å². The van der Waals surface area contributed by atoms with Crippen molar-refractivity contribution in [2.24, 2.45) is 5.92 Å². The lowest BCUT2D eigenvalue weighted by Crippen LogP contribution is -2.32. The Labute approximate surface area is 154 Å². The molecule has 1 aliphatic rings. The van der Waals surface area contributed by atoms with E-state index < -0.39 is 35.1 Å². The standard InChI is InChI=1S/C19H18F3N3O2/c1-10(18(26)25-15-9-8-14(20)16(21)17(15)22)23-12-4-6-13(7-5-12)24-19(27)11-2-3-11/h4-11,23H,2-3H2,1H3,(H,24,27)(H,25,26). The maximum absolute atomic E-state index is 13.6. The van der Waals surface area contributed by atoms with E-state index in [-0.39, 0.29) is 11.8 Å². The van der Waals surface area contributed by atoms with Gasteiger partial charge in [-0.3, -0.25) is 9.59 Å². The maximum Gasteiger partial charge on any atom is 0.246 e. The Balaban J connectivity index is 1.57. The van der Waals surface area contributed by atoms with Crippen LogP contribution >= 0.6 is 0 Å². The molecular weight excluding hydrogens is 359 g/mol. The van der Waals surface area contributed by atoms with Gasteiger partial charge in [0.1, 0.15) is 6.04 Å². The molecule has 1 saturated carbocycles. The van der Waals surface area contributed by atoms with Crippen molar-refractivity contribution in [3.8, 4) is 0 Å². The van der Waals surface area contributed by atoms with Crippen LogP contribution in [0.2, 0.25) is 0 Å². The molecule has 2 aromatic carbocycles. The number of benzene rings is 2. The Hall–Kier alpha value is -3.03. The second kappa shape index (κ2) is 7.69. The predicted octanol–water partition coefficient (Wildman–Crippen LogP) is 3.89. The highest BCUT2D eigenvalue weighted by atomic mass is 19.2. The van der Waals surface area contributed by atoms with E-state index in [1.165, 1.54) is 6.92 Å². The van der Waals surface area contributed by atoms with Gasteiger partial charge in [0.2, 0.25) is 11.8 Å². The lowest BCUT2D eigenvalue weighted by molar-refractivity contribution is -0.117. The van der Waals surface area contributed by atoms with E-state index in [0.717, 1.165) is 25.0 Å². The number of hydrogen-bond acceptors (Lipinski definition) is 3. The van der Waals surface area contributed by atoms with Gasteiger partial charge in [-0.15, -0.1) is 0 Å². The van der Waals surface area contributed by atoms with E-state index >= 15 is 0 Å². The maximum atomic E-state index is 13.6. The highest BCUT2D eigenvalue weighted by Gasteiger charge is 2.29. The van der Waals surface area contributed by atoms with Crippen LogP contribution in [0.4, 0.5) is 30.2 Å². The summed E-state index contributed by atoms with van der Waals surface area (Å²) in [5, 5.41) is 7.93. The molecule has 0 spiro atoms. The monoisotopic (exact) mass is 377 g/mol. The molecule has 3 rings (SSSR count). The minimum atomic E-state index is -1.64. The Morgan fingerprint density at radius 1 is 0.926 bits per heavy atom. The first-order valence-electron chi connectivity index (χ1n) is 8.47. The molecule has 3 N–H and O–H groups in total. The Kier molecular flexibility index (Phi) is 5.34. The molecule has 27 heavy (non-hydrogen) atoms. The summed E-state index contributed by atoms with van der Waals surface area (Å²) in [5.74, 6) is -4.94. The number of hydrogen-bond donors (Lipinski definition) is 3. The van der Waals surface area contributed by atoms with E-state index in [0.29, 0.717) is 11.4 Å². The van der Waals surface area contributed by atoms with Gasteiger partial charge in [0.05, 0.1) is 5.69 Å². The lowest BCUT2D eigenvalue weighted by Gasteiger charge is -2.16. The largest absolute Gasteiger partial charge is 0.374 e. The molecule has 2 amide bonds. The van der Waals surface area contributed by atoms with E-state index in [1.807, 2.05) is 0 Å². The van der Waals surface area contributed by atoms with Crippen LogP contribution in [0.1, 0.15) is 19.8 Å². The molecule has 1 fully saturated rings. The SMILES string of the molecule is CC(Nc1ccc(NC(=O)C2CC2)cc1)C(=O)Nc1ccc(F)c(F)c1F. The summed E-state index contributed by atoms with van der Waals surface area (Å²) in [4.78, 5) is 23.9. The number of carbonyl (C=O) groups is 2. The van der Waals surface area contributed by atoms with Crippen LogP contribution in [-0.4, -0.2) is 17.9 Å². The van der Waals surface area contributed by atoms with Crippen LogP contribution in [-0.2, 0) is 9.59 Å². The summed E-state index contributed by atoms with van der Waals surface area (Å²) in [6.45, 7) is 1.54. The van der Waals surface area contributed by atoms with Crippen LogP contribution < -0.4 is 16.0 Å². The molecule has 1 unspecified atom stereocenters. The molecule has 0 heterocycles. The second-order valence-corrected chi connectivity index (χ2v) is 6.42. The summed E-state index contributed by atoms with van der Waals surface area (Å²) in [6, 6.07) is 7.68. The Morgan fingerprint density at radius 3 is 2.19 bits per heavy atom. The van der Waals surface area contributed by atoms with Gasteiger partial charge >= 0.3 is 0 Å². The van der Waals surface area contributed by atoms with Crippen molar-refractivity contribution in [3.63, 3.8) is 0 Å². The van der Waals surface area contributed by atoms with Crippen LogP contribution in [0.5, 0.6) is 0 Å². The Bertz CT molecular complexity index is 867. The van der Waals surface area contributed by atoms with Crippen LogP contribution in [0, 0.1) is 23.4 Å². The van der Waals surface area contributed by atoms with Crippen molar-refractivity contribution in [1.82, 2.24) is 0 Å². The van der Waals surface area contributed by atoms with Gasteiger partial charge in [0, 0.05) is 17.3 Å². The van der Waals surface area contributed by atoms with Crippen molar-refractivity contribution in [2.45, 2.75) is 25.8 Å². The fourth-order valence-electron chi connectivity index (χ4n) is 2.42. The molecule has 0 radical (unpaired) electrons. The molecule has 0 aliphatic heterocycles. The van der Waals surface area contributed by atoms with Crippen molar-refractivity contribution >= 4 is 28.9 Å². The fraction of sp³-hybridized carbons (Fsp3) is 0.263. The first kappa shape index (κ1) is 18.8. The van der Waals surface area contributed by atoms with Crippen LogP contribution in [0.3, 0.4) is 0 Å². The average Bonchev–Trinajstić information content (AvgIpc) is 3.49. The van der Waals surface area contributed by atoms with Gasteiger partial charge in [-0.1, -0.05) is 0 Å². The third-order valence-corrected chi connectivity index (χ3v) is 4.17. The van der Waals surface area contributed by atoms with Crippen molar-refractivity contribution < 1.29 is 22.8 Å². The predicted molar refractivity (Wildman–Crippen MR) is 95.8 cm³/mol. The zero-order valence-electron chi connectivity index (χ0n) is 14.5. The first-order valence-corrected chi connectivity index (χ1v) is 8.47. The van der Waals surface area contributed by atoms with E-state index in [9.17, 15) is 22.8 Å². The highest BCUT2D eigenvalue weighted by Crippen LogP contribution is 2.30. The molecule has 0 bridgehead atoms. The molecule has 0 aromatic heterocycles. The lowest BCUT2D eigenvalue weighted by atomic mass is 10.2. The van der Waals surface area contributed by atoms with E-state index in [2.05, 4.69) is 16.0 Å². The van der Waals surface area contributed by atoms with Gasteiger partial charge in [-0.2, -0.15) is 0 Å². The van der Waals surface area contributed by atoms with Crippen molar-refractivity contribution in [3.05, 3.63) is 53.8 Å². The number of amides is 2. The molecule has 0 saturated heterocycles. The first-order chi connectivity index (χ1) is 12.8. The molecule has 5 nitrogen and oxygen atoms in total. The average molecular weight is 377 g/mol. The minimum absolute atomic E-state index is 0.00277. The van der Waals surface area contributed by atoms with Gasteiger partial charge < -0.3 is 16.0 Å². The smallest absolute Gasteiger partial charge is 0.246 e. The topological polar surface area (TPSA) is 70.2 Å². The highest BCUT2D eigenvalue weighted by molar-refractivity contribution is 5.96. The quantitative estimate of drug-likeness (QED) is 0.669.